The molecule has 0 spiro atoms. The molecular weight excluding hydrogens is 464 g/mol. The number of carbonyl (C=O) groups excluding carboxylic acids is 1. The standard InChI is InChI=1S/C26H26N4O4S/c1-16-6-4-8-19(12-16)28-26(31)25-24-23(14-22(29-25)18-7-5-9-21(13-18)34-3)30(17(2)27-24)20-10-11-35(32,33)15-20/h4-9,12-14,20H,10-11,15H2,1-3H3,(H,28,31). The smallest absolute Gasteiger partial charge is 0.276 e. The molecule has 2 aromatic carbocycles. The molecule has 180 valence electrons. The lowest BCUT2D eigenvalue weighted by Gasteiger charge is -2.15. The summed E-state index contributed by atoms with van der Waals surface area (Å²) in [7, 11) is -1.52. The molecule has 2 aromatic heterocycles. The molecule has 0 saturated carbocycles. The summed E-state index contributed by atoms with van der Waals surface area (Å²) in [5.74, 6) is 1.14. The van der Waals surface area contributed by atoms with Crippen molar-refractivity contribution in [3.05, 3.63) is 71.7 Å². The minimum atomic E-state index is -3.11. The van der Waals surface area contributed by atoms with Crippen LogP contribution in [0.4, 0.5) is 5.69 Å². The van der Waals surface area contributed by atoms with E-state index in [9.17, 15) is 13.2 Å². The van der Waals surface area contributed by atoms with Gasteiger partial charge in [0, 0.05) is 11.3 Å². The molecule has 1 aliphatic heterocycles. The Morgan fingerprint density at radius 2 is 1.89 bits per heavy atom. The maximum Gasteiger partial charge on any atom is 0.276 e. The second-order valence-corrected chi connectivity index (χ2v) is 11.1. The summed E-state index contributed by atoms with van der Waals surface area (Å²) >= 11 is 0. The van der Waals surface area contributed by atoms with Crippen molar-refractivity contribution >= 4 is 32.5 Å². The molecule has 3 heterocycles. The molecule has 5 rings (SSSR count). The summed E-state index contributed by atoms with van der Waals surface area (Å²) in [6.07, 6.45) is 0.510. The van der Waals surface area contributed by atoms with E-state index >= 15 is 0 Å². The van der Waals surface area contributed by atoms with E-state index in [4.69, 9.17) is 9.72 Å². The number of anilines is 1. The first kappa shape index (κ1) is 23.0. The molecule has 0 radical (unpaired) electrons. The second-order valence-electron chi connectivity index (χ2n) is 8.87. The molecule has 1 fully saturated rings. The number of pyridine rings is 1. The molecule has 1 unspecified atom stereocenters. The molecule has 1 aliphatic rings. The Morgan fingerprint density at radius 1 is 1.09 bits per heavy atom. The van der Waals surface area contributed by atoms with Crippen molar-refractivity contribution in [3.63, 3.8) is 0 Å². The van der Waals surface area contributed by atoms with Crippen molar-refractivity contribution in [1.29, 1.82) is 0 Å². The van der Waals surface area contributed by atoms with Gasteiger partial charge in [0.05, 0.1) is 35.9 Å². The van der Waals surface area contributed by atoms with Gasteiger partial charge in [-0.1, -0.05) is 24.3 Å². The number of aryl methyl sites for hydroxylation is 2. The molecule has 1 atom stereocenters. The van der Waals surface area contributed by atoms with Crippen molar-refractivity contribution in [2.75, 3.05) is 23.9 Å². The zero-order chi connectivity index (χ0) is 24.7. The summed E-state index contributed by atoms with van der Waals surface area (Å²) in [5.41, 5.74) is 4.36. The van der Waals surface area contributed by atoms with E-state index in [0.717, 1.165) is 11.1 Å². The normalized spacial score (nSPS) is 16.9. The monoisotopic (exact) mass is 490 g/mol. The SMILES string of the molecule is COc1cccc(-c2cc3c(nc(C)n3C3CCS(=O)(=O)C3)c(C(=O)Nc3cccc(C)c3)n2)c1. The Labute approximate surface area is 203 Å². The number of fused-ring (bicyclic) bond motifs is 1. The number of hydrogen-bond donors (Lipinski definition) is 1. The van der Waals surface area contributed by atoms with Gasteiger partial charge >= 0.3 is 0 Å². The minimum absolute atomic E-state index is 0.0565. The number of rotatable bonds is 5. The molecule has 8 nitrogen and oxygen atoms in total. The minimum Gasteiger partial charge on any atom is -0.497 e. The third-order valence-electron chi connectivity index (χ3n) is 6.28. The third kappa shape index (κ3) is 4.51. The number of hydrogen-bond acceptors (Lipinski definition) is 6. The Balaban J connectivity index is 1.68. The van der Waals surface area contributed by atoms with E-state index in [1.807, 2.05) is 73.0 Å². The first-order chi connectivity index (χ1) is 16.7. The van der Waals surface area contributed by atoms with Gasteiger partial charge in [0.2, 0.25) is 0 Å². The molecule has 9 heteroatoms. The predicted molar refractivity (Wildman–Crippen MR) is 136 cm³/mol. The van der Waals surface area contributed by atoms with Crippen LogP contribution in [0.25, 0.3) is 22.3 Å². The van der Waals surface area contributed by atoms with Crippen LogP contribution in [0.5, 0.6) is 5.75 Å². The van der Waals surface area contributed by atoms with Crippen LogP contribution < -0.4 is 10.1 Å². The summed E-state index contributed by atoms with van der Waals surface area (Å²) in [4.78, 5) is 22.8. The fraction of sp³-hybridized carbons (Fsp3) is 0.269. The topological polar surface area (TPSA) is 103 Å². The van der Waals surface area contributed by atoms with Gasteiger partial charge in [-0.05, 0) is 56.2 Å². The lowest BCUT2D eigenvalue weighted by atomic mass is 10.1. The molecule has 1 N–H and O–H groups in total. The highest BCUT2D eigenvalue weighted by molar-refractivity contribution is 7.91. The van der Waals surface area contributed by atoms with Gasteiger partial charge < -0.3 is 14.6 Å². The van der Waals surface area contributed by atoms with E-state index in [-0.39, 0.29) is 29.1 Å². The first-order valence-corrected chi connectivity index (χ1v) is 13.2. The number of ether oxygens (including phenoxy) is 1. The maximum absolute atomic E-state index is 13.4. The quantitative estimate of drug-likeness (QED) is 0.447. The number of sulfone groups is 1. The number of imidazole rings is 1. The highest BCUT2D eigenvalue weighted by Gasteiger charge is 2.32. The Bertz CT molecular complexity index is 1560. The van der Waals surface area contributed by atoms with Gasteiger partial charge in [0.15, 0.2) is 15.5 Å². The fourth-order valence-electron chi connectivity index (χ4n) is 4.65. The third-order valence-corrected chi connectivity index (χ3v) is 8.03. The largest absolute Gasteiger partial charge is 0.497 e. The van der Waals surface area contributed by atoms with Crippen molar-refractivity contribution in [1.82, 2.24) is 14.5 Å². The summed E-state index contributed by atoms with van der Waals surface area (Å²) in [5, 5.41) is 2.93. The van der Waals surface area contributed by atoms with Gasteiger partial charge in [-0.2, -0.15) is 0 Å². The fourth-order valence-corrected chi connectivity index (χ4v) is 6.35. The average Bonchev–Trinajstić information content (AvgIpc) is 3.35. The van der Waals surface area contributed by atoms with Crippen LogP contribution in [0.15, 0.2) is 54.6 Å². The number of benzene rings is 2. The van der Waals surface area contributed by atoms with E-state index < -0.39 is 9.84 Å². The lowest BCUT2D eigenvalue weighted by molar-refractivity contribution is 0.102. The first-order valence-electron chi connectivity index (χ1n) is 11.4. The average molecular weight is 491 g/mol. The highest BCUT2D eigenvalue weighted by atomic mass is 32.2. The van der Waals surface area contributed by atoms with Crippen LogP contribution in [0.1, 0.15) is 34.3 Å². The van der Waals surface area contributed by atoms with Crippen LogP contribution in [0.3, 0.4) is 0 Å². The molecule has 35 heavy (non-hydrogen) atoms. The van der Waals surface area contributed by atoms with Gasteiger partial charge in [-0.25, -0.2) is 18.4 Å². The van der Waals surface area contributed by atoms with Crippen molar-refractivity contribution < 1.29 is 17.9 Å². The molecule has 0 aliphatic carbocycles. The number of carbonyl (C=O) groups is 1. The molecule has 0 bridgehead atoms. The number of methoxy groups -OCH3 is 1. The molecular formula is C26H26N4O4S. The molecule has 1 saturated heterocycles. The highest BCUT2D eigenvalue weighted by Crippen LogP contribution is 2.33. The van der Waals surface area contributed by atoms with Gasteiger partial charge in [-0.15, -0.1) is 0 Å². The summed E-state index contributed by atoms with van der Waals surface area (Å²) in [6.45, 7) is 3.79. The summed E-state index contributed by atoms with van der Waals surface area (Å²) in [6, 6.07) is 16.6. The Morgan fingerprint density at radius 3 is 2.60 bits per heavy atom. The summed E-state index contributed by atoms with van der Waals surface area (Å²) < 4.78 is 31.8. The van der Waals surface area contributed by atoms with E-state index in [0.29, 0.717) is 40.4 Å². The number of aromatic nitrogens is 3. The number of nitrogens with one attached hydrogen (secondary N) is 1. The van der Waals surface area contributed by atoms with Crippen molar-refractivity contribution in [2.45, 2.75) is 26.3 Å². The lowest BCUT2D eigenvalue weighted by Crippen LogP contribution is -2.16. The van der Waals surface area contributed by atoms with Gasteiger partial charge in [0.25, 0.3) is 5.91 Å². The van der Waals surface area contributed by atoms with Crippen LogP contribution in [-0.2, 0) is 9.84 Å². The zero-order valence-corrected chi connectivity index (χ0v) is 20.6. The Hall–Kier alpha value is -3.72. The van der Waals surface area contributed by atoms with Gasteiger partial charge in [-0.3, -0.25) is 4.79 Å². The van der Waals surface area contributed by atoms with Crippen molar-refractivity contribution in [3.8, 4) is 17.0 Å². The zero-order valence-electron chi connectivity index (χ0n) is 19.8. The van der Waals surface area contributed by atoms with Crippen LogP contribution >= 0.6 is 0 Å². The van der Waals surface area contributed by atoms with Gasteiger partial charge in [0.1, 0.15) is 17.1 Å². The second kappa shape index (κ2) is 8.81. The number of amides is 1. The molecule has 4 aromatic rings. The van der Waals surface area contributed by atoms with Crippen LogP contribution in [0.2, 0.25) is 0 Å². The van der Waals surface area contributed by atoms with Crippen molar-refractivity contribution in [2.24, 2.45) is 0 Å². The van der Waals surface area contributed by atoms with Crippen LogP contribution in [0, 0.1) is 13.8 Å². The van der Waals surface area contributed by atoms with E-state index in [1.165, 1.54) is 0 Å². The Kier molecular flexibility index (Phi) is 5.80. The maximum atomic E-state index is 13.4. The predicted octanol–water partition coefficient (Wildman–Crippen LogP) is 4.34. The molecule has 1 amide bonds. The van der Waals surface area contributed by atoms with E-state index in [1.54, 1.807) is 7.11 Å². The number of nitrogens with zero attached hydrogens (tertiary/aromatic N) is 3. The van der Waals surface area contributed by atoms with E-state index in [2.05, 4.69) is 10.3 Å². The van der Waals surface area contributed by atoms with Crippen LogP contribution in [-0.4, -0.2) is 47.5 Å².